The van der Waals surface area contributed by atoms with Crippen LogP contribution in [0.25, 0.3) is 0 Å². The van der Waals surface area contributed by atoms with Crippen LogP contribution in [0, 0.1) is 12.8 Å². The average molecular weight is 253 g/mol. The smallest absolute Gasteiger partial charge is 0.0455 e. The van der Waals surface area contributed by atoms with Crippen LogP contribution < -0.4 is 10.2 Å². The van der Waals surface area contributed by atoms with Crippen LogP contribution in [0.1, 0.15) is 19.4 Å². The number of halogens is 1. The molecule has 1 saturated heterocycles. The van der Waals surface area contributed by atoms with Gasteiger partial charge in [-0.25, -0.2) is 0 Å². The van der Waals surface area contributed by atoms with Crippen molar-refractivity contribution in [2.45, 2.75) is 26.8 Å². The van der Waals surface area contributed by atoms with Crippen molar-refractivity contribution >= 4 is 17.3 Å². The van der Waals surface area contributed by atoms with E-state index in [1.807, 2.05) is 12.1 Å². The first-order valence-corrected chi connectivity index (χ1v) is 6.70. The summed E-state index contributed by atoms with van der Waals surface area (Å²) in [6.07, 6.45) is 0. The topological polar surface area (TPSA) is 15.3 Å². The summed E-state index contributed by atoms with van der Waals surface area (Å²) in [5.74, 6) is 0.665. The molecule has 17 heavy (non-hydrogen) atoms. The van der Waals surface area contributed by atoms with E-state index in [1.165, 1.54) is 11.3 Å². The van der Waals surface area contributed by atoms with Gasteiger partial charge in [0.25, 0.3) is 0 Å². The Morgan fingerprint density at radius 2 is 2.06 bits per heavy atom. The Kier molecular flexibility index (Phi) is 3.95. The third-order valence-corrected chi connectivity index (χ3v) is 3.93. The molecule has 94 valence electrons. The number of benzene rings is 1. The third kappa shape index (κ3) is 2.75. The van der Waals surface area contributed by atoms with Gasteiger partial charge in [0.05, 0.1) is 0 Å². The Morgan fingerprint density at radius 3 is 2.82 bits per heavy atom. The van der Waals surface area contributed by atoms with Gasteiger partial charge in [-0.15, -0.1) is 0 Å². The van der Waals surface area contributed by atoms with Gasteiger partial charge in [0, 0.05) is 29.8 Å². The molecule has 1 fully saturated rings. The monoisotopic (exact) mass is 252 g/mol. The molecule has 2 rings (SSSR count). The Labute approximate surface area is 109 Å². The molecule has 1 aromatic rings. The molecule has 2 nitrogen and oxygen atoms in total. The summed E-state index contributed by atoms with van der Waals surface area (Å²) >= 11 is 6.22. The molecular weight excluding hydrogens is 232 g/mol. The van der Waals surface area contributed by atoms with E-state index in [0.717, 1.165) is 24.7 Å². The molecule has 2 unspecified atom stereocenters. The SMILES string of the molecule is Cc1c(Cl)cccc1N1CC(C)CNCC1C. The molecule has 1 N–H and O–H groups in total. The van der Waals surface area contributed by atoms with Crippen molar-refractivity contribution in [3.05, 3.63) is 28.8 Å². The lowest BCUT2D eigenvalue weighted by Crippen LogP contribution is -2.38. The molecule has 1 heterocycles. The van der Waals surface area contributed by atoms with Crippen molar-refractivity contribution < 1.29 is 0 Å². The minimum Gasteiger partial charge on any atom is -0.367 e. The fourth-order valence-corrected chi connectivity index (χ4v) is 2.64. The summed E-state index contributed by atoms with van der Waals surface area (Å²) in [5, 5.41) is 4.37. The van der Waals surface area contributed by atoms with E-state index >= 15 is 0 Å². The Morgan fingerprint density at radius 1 is 1.29 bits per heavy atom. The summed E-state index contributed by atoms with van der Waals surface area (Å²) in [6.45, 7) is 9.89. The number of hydrogen-bond acceptors (Lipinski definition) is 2. The van der Waals surface area contributed by atoms with Crippen molar-refractivity contribution in [1.82, 2.24) is 5.32 Å². The van der Waals surface area contributed by atoms with E-state index in [4.69, 9.17) is 11.6 Å². The molecule has 0 radical (unpaired) electrons. The summed E-state index contributed by atoms with van der Waals surface area (Å²) in [6, 6.07) is 6.69. The molecule has 0 aliphatic carbocycles. The maximum atomic E-state index is 6.22. The van der Waals surface area contributed by atoms with Gasteiger partial charge in [-0.1, -0.05) is 24.6 Å². The van der Waals surface area contributed by atoms with Crippen LogP contribution in [0.5, 0.6) is 0 Å². The Hall–Kier alpha value is -0.730. The summed E-state index contributed by atoms with van der Waals surface area (Å²) in [7, 11) is 0. The maximum absolute atomic E-state index is 6.22. The number of nitrogens with one attached hydrogen (secondary N) is 1. The van der Waals surface area contributed by atoms with Crippen LogP contribution in [0.15, 0.2) is 18.2 Å². The molecule has 1 aliphatic rings. The highest BCUT2D eigenvalue weighted by Crippen LogP contribution is 2.29. The Balaban J connectivity index is 2.32. The molecule has 0 spiro atoms. The molecule has 2 atom stereocenters. The van der Waals surface area contributed by atoms with E-state index in [9.17, 15) is 0 Å². The largest absolute Gasteiger partial charge is 0.367 e. The second-order valence-corrected chi connectivity index (χ2v) is 5.56. The molecule has 1 aliphatic heterocycles. The van der Waals surface area contributed by atoms with Gasteiger partial charge in [-0.2, -0.15) is 0 Å². The van der Waals surface area contributed by atoms with Crippen LogP contribution in [0.4, 0.5) is 5.69 Å². The van der Waals surface area contributed by atoms with E-state index in [0.29, 0.717) is 12.0 Å². The fraction of sp³-hybridized carbons (Fsp3) is 0.571. The Bertz CT molecular complexity index is 392. The van der Waals surface area contributed by atoms with Gasteiger partial charge >= 0.3 is 0 Å². The van der Waals surface area contributed by atoms with Crippen LogP contribution in [0.3, 0.4) is 0 Å². The van der Waals surface area contributed by atoms with Crippen LogP contribution in [-0.4, -0.2) is 25.7 Å². The highest BCUT2D eigenvalue weighted by atomic mass is 35.5. The number of nitrogens with zero attached hydrogens (tertiary/aromatic N) is 1. The normalized spacial score (nSPS) is 25.8. The lowest BCUT2D eigenvalue weighted by molar-refractivity contribution is 0.563. The zero-order chi connectivity index (χ0) is 12.4. The molecule has 1 aromatic carbocycles. The highest BCUT2D eigenvalue weighted by molar-refractivity contribution is 6.31. The van der Waals surface area contributed by atoms with Crippen molar-refractivity contribution in [3.8, 4) is 0 Å². The van der Waals surface area contributed by atoms with Gasteiger partial charge in [0.2, 0.25) is 0 Å². The van der Waals surface area contributed by atoms with Crippen molar-refractivity contribution in [1.29, 1.82) is 0 Å². The molecule has 3 heteroatoms. The highest BCUT2D eigenvalue weighted by Gasteiger charge is 2.22. The average Bonchev–Trinajstić information content (AvgIpc) is 2.45. The molecule has 0 saturated carbocycles. The quantitative estimate of drug-likeness (QED) is 0.826. The molecule has 0 bridgehead atoms. The number of rotatable bonds is 1. The zero-order valence-electron chi connectivity index (χ0n) is 10.8. The molecule has 0 aromatic heterocycles. The van der Waals surface area contributed by atoms with Crippen molar-refractivity contribution in [2.75, 3.05) is 24.5 Å². The zero-order valence-corrected chi connectivity index (χ0v) is 11.6. The van der Waals surface area contributed by atoms with Gasteiger partial charge in [-0.3, -0.25) is 0 Å². The van der Waals surface area contributed by atoms with E-state index in [2.05, 4.69) is 37.1 Å². The van der Waals surface area contributed by atoms with E-state index < -0.39 is 0 Å². The fourth-order valence-electron chi connectivity index (χ4n) is 2.47. The predicted molar refractivity (Wildman–Crippen MR) is 75.0 cm³/mol. The lowest BCUT2D eigenvalue weighted by Gasteiger charge is -2.32. The van der Waals surface area contributed by atoms with Crippen LogP contribution >= 0.6 is 11.6 Å². The van der Waals surface area contributed by atoms with Gasteiger partial charge < -0.3 is 10.2 Å². The maximum Gasteiger partial charge on any atom is 0.0455 e. The lowest BCUT2D eigenvalue weighted by atomic mass is 10.1. The number of hydrogen-bond donors (Lipinski definition) is 1. The second kappa shape index (κ2) is 5.28. The minimum atomic E-state index is 0.511. The van der Waals surface area contributed by atoms with Gasteiger partial charge in [0.15, 0.2) is 0 Å². The van der Waals surface area contributed by atoms with Gasteiger partial charge in [0.1, 0.15) is 0 Å². The van der Waals surface area contributed by atoms with Crippen LogP contribution in [-0.2, 0) is 0 Å². The van der Waals surface area contributed by atoms with Crippen molar-refractivity contribution in [2.24, 2.45) is 5.92 Å². The van der Waals surface area contributed by atoms with E-state index in [1.54, 1.807) is 0 Å². The summed E-state index contributed by atoms with van der Waals surface area (Å²) < 4.78 is 0. The predicted octanol–water partition coefficient (Wildman–Crippen LogP) is 3.08. The van der Waals surface area contributed by atoms with E-state index in [-0.39, 0.29) is 0 Å². The molecular formula is C14H21ClN2. The first-order chi connectivity index (χ1) is 8.09. The summed E-state index contributed by atoms with van der Waals surface area (Å²) in [4.78, 5) is 2.48. The van der Waals surface area contributed by atoms with Crippen molar-refractivity contribution in [3.63, 3.8) is 0 Å². The van der Waals surface area contributed by atoms with Gasteiger partial charge in [-0.05, 0) is 44.0 Å². The molecule has 0 amide bonds. The minimum absolute atomic E-state index is 0.511. The first-order valence-electron chi connectivity index (χ1n) is 6.32. The standard InChI is InChI=1S/C14H21ClN2/c1-10-7-16-8-11(2)17(9-10)14-6-4-5-13(15)12(14)3/h4-6,10-11,16H,7-9H2,1-3H3. The third-order valence-electron chi connectivity index (χ3n) is 3.52. The number of anilines is 1. The first kappa shape index (κ1) is 12.7. The second-order valence-electron chi connectivity index (χ2n) is 5.15. The summed E-state index contributed by atoms with van der Waals surface area (Å²) in [5.41, 5.74) is 2.47. The van der Waals surface area contributed by atoms with Crippen LogP contribution in [0.2, 0.25) is 5.02 Å².